The van der Waals surface area contributed by atoms with Crippen LogP contribution in [-0.2, 0) is 9.59 Å². The molecule has 4 heteroatoms. The van der Waals surface area contributed by atoms with E-state index in [-0.39, 0.29) is 6.04 Å². The van der Waals surface area contributed by atoms with Gasteiger partial charge in [0, 0.05) is 12.6 Å². The SMILES string of the molecule is CCCCCCCCCCNC(=O)C(=O)NC(C)C. The van der Waals surface area contributed by atoms with E-state index < -0.39 is 11.8 Å². The van der Waals surface area contributed by atoms with E-state index >= 15 is 0 Å². The van der Waals surface area contributed by atoms with Gasteiger partial charge in [-0.15, -0.1) is 0 Å². The van der Waals surface area contributed by atoms with E-state index in [1.807, 2.05) is 13.8 Å². The minimum absolute atomic E-state index is 0.00127. The molecule has 0 aliphatic carbocycles. The van der Waals surface area contributed by atoms with Gasteiger partial charge in [0.1, 0.15) is 0 Å². The van der Waals surface area contributed by atoms with Crippen LogP contribution < -0.4 is 10.6 Å². The summed E-state index contributed by atoms with van der Waals surface area (Å²) in [4.78, 5) is 22.7. The third-order valence-electron chi connectivity index (χ3n) is 2.94. The number of unbranched alkanes of at least 4 members (excludes halogenated alkanes) is 7. The van der Waals surface area contributed by atoms with Crippen molar-refractivity contribution in [1.82, 2.24) is 10.6 Å². The van der Waals surface area contributed by atoms with Crippen LogP contribution in [0.5, 0.6) is 0 Å². The van der Waals surface area contributed by atoms with Crippen molar-refractivity contribution in [1.29, 1.82) is 0 Å². The molecule has 0 saturated carbocycles. The molecule has 0 unspecified atom stereocenters. The van der Waals surface area contributed by atoms with E-state index in [0.717, 1.165) is 12.8 Å². The molecule has 0 bridgehead atoms. The normalized spacial score (nSPS) is 10.5. The Morgan fingerprint density at radius 2 is 1.37 bits per heavy atom. The molecule has 2 N–H and O–H groups in total. The van der Waals surface area contributed by atoms with Gasteiger partial charge in [0.15, 0.2) is 0 Å². The third-order valence-corrected chi connectivity index (χ3v) is 2.94. The van der Waals surface area contributed by atoms with E-state index in [1.165, 1.54) is 38.5 Å². The Morgan fingerprint density at radius 1 is 0.842 bits per heavy atom. The van der Waals surface area contributed by atoms with E-state index in [4.69, 9.17) is 0 Å². The van der Waals surface area contributed by atoms with Crippen LogP contribution in [0.25, 0.3) is 0 Å². The molecule has 2 amide bonds. The average Bonchev–Trinajstić information content (AvgIpc) is 2.35. The second kappa shape index (κ2) is 12.0. The van der Waals surface area contributed by atoms with Crippen molar-refractivity contribution < 1.29 is 9.59 Å². The highest BCUT2D eigenvalue weighted by Gasteiger charge is 2.12. The van der Waals surface area contributed by atoms with Crippen LogP contribution in [0.4, 0.5) is 0 Å². The van der Waals surface area contributed by atoms with Crippen molar-refractivity contribution in [2.75, 3.05) is 6.54 Å². The molecule has 0 aromatic heterocycles. The number of rotatable bonds is 10. The van der Waals surface area contributed by atoms with Crippen LogP contribution in [0, 0.1) is 0 Å². The van der Waals surface area contributed by atoms with Crippen molar-refractivity contribution in [3.05, 3.63) is 0 Å². The fraction of sp³-hybridized carbons (Fsp3) is 0.867. The fourth-order valence-electron chi connectivity index (χ4n) is 1.87. The molecule has 0 rings (SSSR count). The number of hydrogen-bond acceptors (Lipinski definition) is 2. The number of carbonyl (C=O) groups is 2. The Morgan fingerprint density at radius 3 is 1.89 bits per heavy atom. The lowest BCUT2D eigenvalue weighted by atomic mass is 10.1. The molecular weight excluding hydrogens is 240 g/mol. The molecule has 0 heterocycles. The first-order valence-corrected chi connectivity index (χ1v) is 7.66. The zero-order chi connectivity index (χ0) is 14.5. The largest absolute Gasteiger partial charge is 0.348 e. The van der Waals surface area contributed by atoms with Gasteiger partial charge in [-0.05, 0) is 20.3 Å². The summed E-state index contributed by atoms with van der Waals surface area (Å²) in [5.74, 6) is -1.05. The average molecular weight is 270 g/mol. The summed E-state index contributed by atoms with van der Waals surface area (Å²) in [6.45, 7) is 6.49. The van der Waals surface area contributed by atoms with Gasteiger partial charge in [0.25, 0.3) is 0 Å². The highest BCUT2D eigenvalue weighted by Crippen LogP contribution is 2.07. The van der Waals surface area contributed by atoms with Gasteiger partial charge < -0.3 is 10.6 Å². The third kappa shape index (κ3) is 11.7. The minimum atomic E-state index is -0.533. The summed E-state index contributed by atoms with van der Waals surface area (Å²) in [6, 6.07) is 0.00127. The molecule has 0 aromatic carbocycles. The monoisotopic (exact) mass is 270 g/mol. The second-order valence-electron chi connectivity index (χ2n) is 5.36. The molecule has 4 nitrogen and oxygen atoms in total. The molecular formula is C15H30N2O2. The van der Waals surface area contributed by atoms with Crippen LogP contribution >= 0.6 is 0 Å². The van der Waals surface area contributed by atoms with Crippen molar-refractivity contribution >= 4 is 11.8 Å². The molecule has 0 radical (unpaired) electrons. The molecule has 0 saturated heterocycles. The van der Waals surface area contributed by atoms with Crippen molar-refractivity contribution in [3.63, 3.8) is 0 Å². The van der Waals surface area contributed by atoms with Gasteiger partial charge in [-0.3, -0.25) is 9.59 Å². The lowest BCUT2D eigenvalue weighted by molar-refractivity contribution is -0.139. The maximum atomic E-state index is 11.4. The summed E-state index contributed by atoms with van der Waals surface area (Å²) in [5.41, 5.74) is 0. The van der Waals surface area contributed by atoms with Gasteiger partial charge in [0.2, 0.25) is 0 Å². The van der Waals surface area contributed by atoms with E-state index in [0.29, 0.717) is 6.54 Å². The number of nitrogens with one attached hydrogen (secondary N) is 2. The lowest BCUT2D eigenvalue weighted by Gasteiger charge is -2.08. The molecule has 0 fully saturated rings. The van der Waals surface area contributed by atoms with E-state index in [9.17, 15) is 9.59 Å². The smallest absolute Gasteiger partial charge is 0.309 e. The minimum Gasteiger partial charge on any atom is -0.348 e. The zero-order valence-electron chi connectivity index (χ0n) is 12.8. The summed E-state index contributed by atoms with van der Waals surface area (Å²) in [6.07, 6.45) is 9.84. The first kappa shape index (κ1) is 17.9. The Bertz CT molecular complexity index is 253. The first-order valence-electron chi connectivity index (χ1n) is 7.66. The van der Waals surface area contributed by atoms with Crippen LogP contribution in [0.3, 0.4) is 0 Å². The van der Waals surface area contributed by atoms with Crippen LogP contribution in [-0.4, -0.2) is 24.4 Å². The summed E-state index contributed by atoms with van der Waals surface area (Å²) in [5, 5.41) is 5.22. The van der Waals surface area contributed by atoms with Gasteiger partial charge in [-0.2, -0.15) is 0 Å². The predicted octanol–water partition coefficient (Wildman–Crippen LogP) is 2.77. The van der Waals surface area contributed by atoms with E-state index in [1.54, 1.807) is 0 Å². The summed E-state index contributed by atoms with van der Waals surface area (Å²) < 4.78 is 0. The highest BCUT2D eigenvalue weighted by atomic mass is 16.2. The van der Waals surface area contributed by atoms with Gasteiger partial charge in [0.05, 0.1) is 0 Å². The maximum Gasteiger partial charge on any atom is 0.309 e. The van der Waals surface area contributed by atoms with Crippen LogP contribution in [0.1, 0.15) is 72.1 Å². The predicted molar refractivity (Wildman–Crippen MR) is 78.9 cm³/mol. The van der Waals surface area contributed by atoms with Crippen molar-refractivity contribution in [2.45, 2.75) is 78.2 Å². The number of amides is 2. The standard InChI is InChI=1S/C15H30N2O2/c1-4-5-6-7-8-9-10-11-12-16-14(18)15(19)17-13(2)3/h13H,4-12H2,1-3H3,(H,16,18)(H,17,19). The van der Waals surface area contributed by atoms with Gasteiger partial charge in [-0.1, -0.05) is 51.9 Å². The second-order valence-corrected chi connectivity index (χ2v) is 5.36. The molecule has 19 heavy (non-hydrogen) atoms. The van der Waals surface area contributed by atoms with E-state index in [2.05, 4.69) is 17.6 Å². The fourth-order valence-corrected chi connectivity index (χ4v) is 1.87. The highest BCUT2D eigenvalue weighted by molar-refractivity contribution is 6.35. The zero-order valence-corrected chi connectivity index (χ0v) is 12.8. The summed E-state index contributed by atoms with van der Waals surface area (Å²) >= 11 is 0. The Kier molecular flexibility index (Phi) is 11.3. The maximum absolute atomic E-state index is 11.4. The Labute approximate surface area is 117 Å². The molecule has 0 aliphatic rings. The van der Waals surface area contributed by atoms with Gasteiger partial charge in [-0.25, -0.2) is 0 Å². The molecule has 0 spiro atoms. The van der Waals surface area contributed by atoms with Crippen molar-refractivity contribution in [2.24, 2.45) is 0 Å². The van der Waals surface area contributed by atoms with Crippen LogP contribution in [0.15, 0.2) is 0 Å². The Balaban J connectivity index is 3.34. The molecule has 0 aliphatic heterocycles. The topological polar surface area (TPSA) is 58.2 Å². The Hall–Kier alpha value is -1.06. The molecule has 0 aromatic rings. The van der Waals surface area contributed by atoms with Crippen LogP contribution in [0.2, 0.25) is 0 Å². The first-order chi connectivity index (χ1) is 9.07. The molecule has 0 atom stereocenters. The lowest BCUT2D eigenvalue weighted by Crippen LogP contribution is -2.42. The quantitative estimate of drug-likeness (QED) is 0.474. The van der Waals surface area contributed by atoms with Gasteiger partial charge >= 0.3 is 11.8 Å². The number of hydrogen-bond donors (Lipinski definition) is 2. The number of carbonyl (C=O) groups excluding carboxylic acids is 2. The summed E-state index contributed by atoms with van der Waals surface area (Å²) in [7, 11) is 0. The molecule has 112 valence electrons. The van der Waals surface area contributed by atoms with Crippen molar-refractivity contribution in [3.8, 4) is 0 Å².